The first-order valence-corrected chi connectivity index (χ1v) is 9.57. The number of nitrogens with one attached hydrogen (secondary N) is 1. The van der Waals surface area contributed by atoms with Crippen molar-refractivity contribution in [3.05, 3.63) is 65.1 Å². The van der Waals surface area contributed by atoms with Crippen LogP contribution in [0.4, 0.5) is 0 Å². The Morgan fingerprint density at radius 2 is 1.87 bits per heavy atom. The molecule has 1 atom stereocenters. The van der Waals surface area contributed by atoms with Gasteiger partial charge in [0.15, 0.2) is 0 Å². The fraction of sp³-hybridized carbons (Fsp3) is 0.520. The maximum absolute atomic E-state index is 10.6. The van der Waals surface area contributed by atoms with E-state index >= 15 is 0 Å². The van der Waals surface area contributed by atoms with E-state index in [0.29, 0.717) is 25.7 Å². The van der Waals surface area contributed by atoms with Gasteiger partial charge in [-0.2, -0.15) is 0 Å². The molecule has 5 heteroatoms. The molecule has 0 spiro atoms. The van der Waals surface area contributed by atoms with Crippen molar-refractivity contribution in [3.8, 4) is 5.75 Å². The Bertz CT molecular complexity index is 1330. The summed E-state index contributed by atoms with van der Waals surface area (Å²) in [6, 6.07) is -2.26. The minimum atomic E-state index is -3.26. The van der Waals surface area contributed by atoms with Crippen LogP contribution in [0.3, 0.4) is 0 Å². The second-order valence-corrected chi connectivity index (χ2v) is 6.22. The topological polar surface area (TPSA) is 82.0 Å². The van der Waals surface area contributed by atoms with Gasteiger partial charge >= 0.3 is 0 Å². The lowest BCUT2D eigenvalue weighted by atomic mass is 10.1. The number of phenols is 1. The first-order valence-electron chi connectivity index (χ1n) is 17.1. The van der Waals surface area contributed by atoms with E-state index in [1.54, 1.807) is 0 Å². The van der Waals surface area contributed by atoms with Crippen LogP contribution in [0.2, 0.25) is 0 Å². The summed E-state index contributed by atoms with van der Waals surface area (Å²) in [6.07, 6.45) is -9.65. The lowest BCUT2D eigenvalue weighted by molar-refractivity contribution is 0.126. The molecule has 0 saturated carbocycles. The fourth-order valence-corrected chi connectivity index (χ4v) is 2.38. The number of benzene rings is 2. The van der Waals surface area contributed by atoms with Crippen LogP contribution in [0.25, 0.3) is 0 Å². The smallest absolute Gasteiger partial charge is 0.121 e. The second kappa shape index (κ2) is 15.0. The van der Waals surface area contributed by atoms with Gasteiger partial charge in [0, 0.05) is 33.5 Å². The predicted octanol–water partition coefficient (Wildman–Crippen LogP) is 4.11. The molecule has 2 aromatic rings. The number of aromatic hydroxyl groups is 1. The van der Waals surface area contributed by atoms with Gasteiger partial charge in [-0.3, -0.25) is 0 Å². The summed E-state index contributed by atoms with van der Waals surface area (Å²) in [5, 5.41) is 33.0. The quantitative estimate of drug-likeness (QED) is 0.301. The molecule has 0 aromatic heterocycles. The molecule has 30 heavy (non-hydrogen) atoms. The van der Waals surface area contributed by atoms with Crippen molar-refractivity contribution < 1.29 is 40.6 Å². The highest BCUT2D eigenvalue weighted by atomic mass is 16.5. The van der Waals surface area contributed by atoms with Crippen molar-refractivity contribution in [2.75, 3.05) is 26.3 Å². The number of hydrogen-bond acceptors (Lipinski definition) is 5. The van der Waals surface area contributed by atoms with Crippen LogP contribution < -0.4 is 5.32 Å². The maximum atomic E-state index is 10.6. The monoisotopic (exact) mass is 430 g/mol. The minimum absolute atomic E-state index is 0.0228. The molecule has 0 saturated heterocycles. The zero-order valence-corrected chi connectivity index (χ0v) is 16.6. The Morgan fingerprint density at radius 3 is 2.67 bits per heavy atom. The Kier molecular flexibility index (Phi) is 5.29. The van der Waals surface area contributed by atoms with Gasteiger partial charge in [-0.05, 0) is 61.7 Å². The van der Waals surface area contributed by atoms with Crippen LogP contribution in [-0.2, 0) is 17.7 Å². The van der Waals surface area contributed by atoms with Crippen molar-refractivity contribution in [1.82, 2.24) is 5.32 Å². The largest absolute Gasteiger partial charge is 0.508 e. The number of hydrogen-bond donors (Lipinski definition) is 4. The predicted molar refractivity (Wildman–Crippen MR) is 121 cm³/mol. The molecule has 4 N–H and O–H groups in total. The van der Waals surface area contributed by atoms with E-state index in [9.17, 15) is 15.3 Å². The fourth-order valence-electron chi connectivity index (χ4n) is 2.38. The normalized spacial score (nSPS) is 22.4. The Labute approximate surface area is 201 Å². The van der Waals surface area contributed by atoms with Crippen LogP contribution >= 0.6 is 0 Å². The molecule has 5 nitrogen and oxygen atoms in total. The number of unbranched alkanes of at least 4 members (excludes halogenated alkanes) is 3. The lowest BCUT2D eigenvalue weighted by Crippen LogP contribution is -2.22. The van der Waals surface area contributed by atoms with E-state index in [1.807, 2.05) is 0 Å². The molecular formula is C25H37NO4. The first kappa shape index (κ1) is 10.6. The van der Waals surface area contributed by atoms with Crippen molar-refractivity contribution in [2.45, 2.75) is 57.4 Å². The molecule has 166 valence electrons. The zero-order chi connectivity index (χ0) is 34.8. The van der Waals surface area contributed by atoms with E-state index in [2.05, 4.69) is 5.32 Å². The summed E-state index contributed by atoms with van der Waals surface area (Å²) >= 11 is 0. The average Bonchev–Trinajstić information content (AvgIpc) is 2.86. The Morgan fingerprint density at radius 1 is 1.07 bits per heavy atom. The molecular weight excluding hydrogens is 378 g/mol. The third kappa shape index (κ3) is 9.72. The van der Waals surface area contributed by atoms with Gasteiger partial charge in [-0.1, -0.05) is 49.1 Å². The highest BCUT2D eigenvalue weighted by Gasteiger charge is 2.09. The van der Waals surface area contributed by atoms with Gasteiger partial charge in [-0.25, -0.2) is 0 Å². The minimum Gasteiger partial charge on any atom is -0.508 e. The van der Waals surface area contributed by atoms with Crippen LogP contribution in [0.1, 0.15) is 81.8 Å². The Hall–Kier alpha value is -1.92. The van der Waals surface area contributed by atoms with Gasteiger partial charge < -0.3 is 25.4 Å². The van der Waals surface area contributed by atoms with Crippen molar-refractivity contribution in [2.24, 2.45) is 0 Å². The van der Waals surface area contributed by atoms with E-state index < -0.39 is 97.6 Å². The van der Waals surface area contributed by atoms with Crippen molar-refractivity contribution >= 4 is 0 Å². The van der Waals surface area contributed by atoms with Gasteiger partial charge in [-0.15, -0.1) is 0 Å². The number of rotatable bonds is 16. The molecule has 0 bridgehead atoms. The van der Waals surface area contributed by atoms with Gasteiger partial charge in [0.2, 0.25) is 0 Å². The summed E-state index contributed by atoms with van der Waals surface area (Å²) in [5.41, 5.74) is -2.45. The summed E-state index contributed by atoms with van der Waals surface area (Å²) in [6.45, 7) is -4.30. The van der Waals surface area contributed by atoms with Gasteiger partial charge in [0.1, 0.15) is 5.75 Å². The molecule has 0 aliphatic heterocycles. The molecule has 0 amide bonds. The highest BCUT2D eigenvalue weighted by Crippen LogP contribution is 2.22. The number of ether oxygens (including phenoxy) is 1. The Balaban J connectivity index is 1.84. The average molecular weight is 431 g/mol. The molecule has 1 unspecified atom stereocenters. The molecule has 0 radical (unpaired) electrons. The van der Waals surface area contributed by atoms with Crippen molar-refractivity contribution in [3.63, 3.8) is 0 Å². The maximum Gasteiger partial charge on any atom is 0.121 e. The molecule has 2 aromatic carbocycles. The summed E-state index contributed by atoms with van der Waals surface area (Å²) in [5.74, 6) is -1.13. The summed E-state index contributed by atoms with van der Waals surface area (Å²) in [7, 11) is 0. The molecule has 0 fully saturated rings. The lowest BCUT2D eigenvalue weighted by Gasteiger charge is -2.14. The summed E-state index contributed by atoms with van der Waals surface area (Å²) < 4.78 is 125. The van der Waals surface area contributed by atoms with Gasteiger partial charge in [0.25, 0.3) is 0 Å². The van der Waals surface area contributed by atoms with E-state index in [4.69, 9.17) is 25.3 Å². The zero-order valence-electron chi connectivity index (χ0n) is 31.6. The highest BCUT2D eigenvalue weighted by molar-refractivity contribution is 5.36. The third-order valence-corrected chi connectivity index (χ3v) is 3.93. The molecule has 0 heterocycles. The SMILES string of the molecule is [2H]c1cc([2H])c(C([2H])([2H])C([2H])([2H])C([2H])([2H])COCCCCCCNCC([2H])(O)c2c([2H])c([2H])c(O)c(C([2H])([2H])O)c2[2H])c([2H])c1. The molecule has 0 aliphatic rings. The third-order valence-electron chi connectivity index (χ3n) is 3.93. The second-order valence-electron chi connectivity index (χ2n) is 6.22. The van der Waals surface area contributed by atoms with E-state index in [1.165, 1.54) is 0 Å². The molecule has 0 aliphatic carbocycles. The van der Waals surface area contributed by atoms with E-state index in [-0.39, 0.29) is 19.2 Å². The van der Waals surface area contributed by atoms with E-state index in [0.717, 1.165) is 12.1 Å². The summed E-state index contributed by atoms with van der Waals surface area (Å²) in [4.78, 5) is 0. The van der Waals surface area contributed by atoms with Crippen LogP contribution in [-0.4, -0.2) is 41.6 Å². The van der Waals surface area contributed by atoms with Gasteiger partial charge in [0.05, 0.1) is 25.0 Å². The number of aliphatic hydroxyl groups is 2. The van der Waals surface area contributed by atoms with Crippen LogP contribution in [0, 0.1) is 0 Å². The van der Waals surface area contributed by atoms with Crippen LogP contribution in [0.15, 0.2) is 48.4 Å². The molecule has 2 rings (SSSR count). The van der Waals surface area contributed by atoms with Crippen molar-refractivity contribution in [1.29, 1.82) is 0 Å². The standard InChI is InChI=1S/C25H37NO4/c27-20-23-18-22(13-14-24(23)28)25(29)19-26-15-7-1-2-8-16-30-17-9-6-12-21-10-4-3-5-11-21/h3-5,10-11,13-14,18,25-29H,1-2,6-9,12,15-17,19-20H2/i3D,6D2,9D2,10D,11D,12D2,13D,14D,18D,20D2,25D. The first-order chi connectivity index (χ1) is 20.4. The van der Waals surface area contributed by atoms with Crippen LogP contribution in [0.5, 0.6) is 5.75 Å².